The summed E-state index contributed by atoms with van der Waals surface area (Å²) in [7, 11) is 0. The minimum atomic E-state index is -0.339. The number of anilines is 1. The molecule has 2 saturated heterocycles. The zero-order valence-electron chi connectivity index (χ0n) is 16.3. The first-order chi connectivity index (χ1) is 12.3. The number of benzene rings is 1. The number of hydrogen-bond acceptors (Lipinski definition) is 2. The second-order valence-corrected chi connectivity index (χ2v) is 9.17. The van der Waals surface area contributed by atoms with Crippen LogP contribution in [0.15, 0.2) is 24.3 Å². The molecule has 0 aromatic heterocycles. The van der Waals surface area contributed by atoms with Crippen LogP contribution < -0.4 is 10.6 Å². The Morgan fingerprint density at radius 2 is 1.77 bits per heavy atom. The Morgan fingerprint density at radius 1 is 1.15 bits per heavy atom. The van der Waals surface area contributed by atoms with Gasteiger partial charge in [0.25, 0.3) is 0 Å². The number of carbonyl (C=O) groups is 1. The minimum absolute atomic E-state index is 0.148. The largest absolute Gasteiger partial charge is 0.353 e. The van der Waals surface area contributed by atoms with E-state index in [0.717, 1.165) is 36.5 Å². The maximum absolute atomic E-state index is 12.4. The molecular formula is C21H31N3OS. The minimum Gasteiger partial charge on any atom is -0.353 e. The molecule has 2 fully saturated rings. The molecule has 142 valence electrons. The van der Waals surface area contributed by atoms with Crippen LogP contribution in [0.25, 0.3) is 0 Å². The second-order valence-electron chi connectivity index (χ2n) is 8.78. The van der Waals surface area contributed by atoms with E-state index in [1.54, 1.807) is 0 Å². The summed E-state index contributed by atoms with van der Waals surface area (Å²) in [6.07, 6.45) is 5.50. The first-order valence-electron chi connectivity index (χ1n) is 9.71. The molecule has 4 nitrogen and oxygen atoms in total. The smallest absolute Gasteiger partial charge is 0.225 e. The van der Waals surface area contributed by atoms with Crippen LogP contribution in [0.2, 0.25) is 0 Å². The predicted molar refractivity (Wildman–Crippen MR) is 111 cm³/mol. The Hall–Kier alpha value is -1.62. The van der Waals surface area contributed by atoms with Gasteiger partial charge in [-0.25, -0.2) is 0 Å². The van der Waals surface area contributed by atoms with Crippen molar-refractivity contribution in [3.05, 3.63) is 29.8 Å². The van der Waals surface area contributed by atoms with Gasteiger partial charge in [-0.3, -0.25) is 4.79 Å². The molecule has 2 aliphatic rings. The number of aryl methyl sites for hydroxylation is 1. The summed E-state index contributed by atoms with van der Waals surface area (Å²) >= 11 is 5.78. The van der Waals surface area contributed by atoms with E-state index in [-0.39, 0.29) is 17.4 Å². The van der Waals surface area contributed by atoms with Crippen LogP contribution in [0.4, 0.5) is 5.69 Å². The van der Waals surface area contributed by atoms with Crippen molar-refractivity contribution in [2.45, 2.75) is 77.9 Å². The molecule has 0 radical (unpaired) electrons. The highest BCUT2D eigenvalue weighted by molar-refractivity contribution is 7.80. The maximum Gasteiger partial charge on any atom is 0.225 e. The summed E-state index contributed by atoms with van der Waals surface area (Å²) in [5, 5.41) is 7.56. The standard InChI is InChI=1S/C21H31N3OS/c1-14-8-5-6-11-18(14)23-20(26)24-16-9-7-10-17(24)13-15(12-16)22-19(25)21(2,3)4/h5-6,8,11,15-17H,7,9-10,12-13H2,1-4H3,(H,22,25)(H,23,26)/t15?,16-,17+. The van der Waals surface area contributed by atoms with Crippen LogP contribution in [0.5, 0.6) is 0 Å². The molecule has 26 heavy (non-hydrogen) atoms. The molecule has 2 bridgehead atoms. The lowest BCUT2D eigenvalue weighted by molar-refractivity contribution is -0.129. The summed E-state index contributed by atoms with van der Waals surface area (Å²) in [4.78, 5) is 14.8. The van der Waals surface area contributed by atoms with Gasteiger partial charge in [0.1, 0.15) is 0 Å². The van der Waals surface area contributed by atoms with Crippen LogP contribution in [0, 0.1) is 12.3 Å². The van der Waals surface area contributed by atoms with E-state index in [4.69, 9.17) is 12.2 Å². The fourth-order valence-electron chi connectivity index (χ4n) is 4.13. The Bertz CT molecular complexity index is 668. The quantitative estimate of drug-likeness (QED) is 0.761. The highest BCUT2D eigenvalue weighted by Gasteiger charge is 2.40. The van der Waals surface area contributed by atoms with Crippen LogP contribution in [-0.4, -0.2) is 34.0 Å². The molecule has 0 saturated carbocycles. The number of nitrogens with zero attached hydrogens (tertiary/aromatic N) is 1. The molecule has 3 atom stereocenters. The molecule has 1 aromatic carbocycles. The van der Waals surface area contributed by atoms with Gasteiger partial charge in [-0.15, -0.1) is 0 Å². The Labute approximate surface area is 162 Å². The fraction of sp³-hybridized carbons (Fsp3) is 0.619. The molecule has 1 amide bonds. The maximum atomic E-state index is 12.4. The fourth-order valence-corrected chi connectivity index (χ4v) is 4.53. The second kappa shape index (κ2) is 7.55. The van der Waals surface area contributed by atoms with Crippen LogP contribution >= 0.6 is 12.2 Å². The van der Waals surface area contributed by atoms with E-state index >= 15 is 0 Å². The lowest BCUT2D eigenvalue weighted by atomic mass is 9.81. The number of carbonyl (C=O) groups excluding carboxylic acids is 1. The van der Waals surface area contributed by atoms with Gasteiger partial charge < -0.3 is 15.5 Å². The Balaban J connectivity index is 1.68. The van der Waals surface area contributed by atoms with E-state index in [0.29, 0.717) is 12.1 Å². The number of fused-ring (bicyclic) bond motifs is 2. The molecule has 2 N–H and O–H groups in total. The van der Waals surface area contributed by atoms with Crippen molar-refractivity contribution in [1.82, 2.24) is 10.2 Å². The summed E-state index contributed by atoms with van der Waals surface area (Å²) < 4.78 is 0. The number of thiocarbonyl (C=S) groups is 1. The lowest BCUT2D eigenvalue weighted by Gasteiger charge is -2.50. The van der Waals surface area contributed by atoms with Crippen LogP contribution in [0.1, 0.15) is 58.4 Å². The number of piperidine rings is 2. The normalized spacial score (nSPS) is 25.5. The molecule has 3 rings (SSSR count). The number of amides is 1. The predicted octanol–water partition coefficient (Wildman–Crippen LogP) is 4.24. The van der Waals surface area contributed by atoms with Gasteiger partial charge in [-0.05, 0) is 62.9 Å². The SMILES string of the molecule is Cc1ccccc1NC(=S)N1[C@@H]2CCC[C@H]1CC(NC(=O)C(C)(C)C)C2. The van der Waals surface area contributed by atoms with Crippen molar-refractivity contribution >= 4 is 28.9 Å². The van der Waals surface area contributed by atoms with Gasteiger partial charge in [0, 0.05) is 29.2 Å². The van der Waals surface area contributed by atoms with Gasteiger partial charge >= 0.3 is 0 Å². The zero-order valence-corrected chi connectivity index (χ0v) is 17.2. The summed E-state index contributed by atoms with van der Waals surface area (Å²) in [5.41, 5.74) is 1.94. The molecule has 1 unspecified atom stereocenters. The number of rotatable bonds is 2. The third-order valence-corrected chi connectivity index (χ3v) is 5.93. The lowest BCUT2D eigenvalue weighted by Crippen LogP contribution is -2.60. The molecular weight excluding hydrogens is 342 g/mol. The third kappa shape index (κ3) is 4.20. The monoisotopic (exact) mass is 373 g/mol. The molecule has 0 aliphatic carbocycles. The first-order valence-corrected chi connectivity index (χ1v) is 10.1. The van der Waals surface area contributed by atoms with Crippen LogP contribution in [-0.2, 0) is 4.79 Å². The molecule has 2 aliphatic heterocycles. The van der Waals surface area contributed by atoms with Gasteiger partial charge in [-0.2, -0.15) is 0 Å². The average Bonchev–Trinajstić information content (AvgIpc) is 2.55. The topological polar surface area (TPSA) is 44.4 Å². The van der Waals surface area contributed by atoms with E-state index in [1.165, 1.54) is 12.0 Å². The van der Waals surface area contributed by atoms with Crippen molar-refractivity contribution in [3.8, 4) is 0 Å². The van der Waals surface area contributed by atoms with Crippen molar-refractivity contribution in [3.63, 3.8) is 0 Å². The highest BCUT2D eigenvalue weighted by atomic mass is 32.1. The number of hydrogen-bond donors (Lipinski definition) is 2. The highest BCUT2D eigenvalue weighted by Crippen LogP contribution is 2.35. The Morgan fingerprint density at radius 3 is 2.35 bits per heavy atom. The van der Waals surface area contributed by atoms with Gasteiger partial charge in [0.05, 0.1) is 0 Å². The Kier molecular flexibility index (Phi) is 5.56. The van der Waals surface area contributed by atoms with E-state index < -0.39 is 0 Å². The zero-order chi connectivity index (χ0) is 18.9. The number of nitrogens with one attached hydrogen (secondary N) is 2. The van der Waals surface area contributed by atoms with Crippen molar-refractivity contribution < 1.29 is 4.79 Å². The van der Waals surface area contributed by atoms with Crippen LogP contribution in [0.3, 0.4) is 0 Å². The molecule has 2 heterocycles. The molecule has 5 heteroatoms. The van der Waals surface area contributed by atoms with Crippen molar-refractivity contribution in [1.29, 1.82) is 0 Å². The summed E-state index contributed by atoms with van der Waals surface area (Å²) in [6.45, 7) is 8.01. The third-order valence-electron chi connectivity index (χ3n) is 5.61. The van der Waals surface area contributed by atoms with Crippen molar-refractivity contribution in [2.24, 2.45) is 5.41 Å². The van der Waals surface area contributed by atoms with E-state index in [1.807, 2.05) is 32.9 Å². The molecule has 1 aromatic rings. The van der Waals surface area contributed by atoms with Gasteiger partial charge in [-0.1, -0.05) is 39.0 Å². The summed E-state index contributed by atoms with van der Waals surface area (Å²) in [6, 6.07) is 9.34. The molecule has 0 spiro atoms. The van der Waals surface area contributed by atoms with Gasteiger partial charge in [0.2, 0.25) is 5.91 Å². The summed E-state index contributed by atoms with van der Waals surface area (Å²) in [5.74, 6) is 0.148. The van der Waals surface area contributed by atoms with Crippen molar-refractivity contribution in [2.75, 3.05) is 5.32 Å². The van der Waals surface area contributed by atoms with Gasteiger partial charge in [0.15, 0.2) is 5.11 Å². The van der Waals surface area contributed by atoms with E-state index in [2.05, 4.69) is 34.6 Å². The first kappa shape index (κ1) is 19.2. The number of para-hydroxylation sites is 1. The van der Waals surface area contributed by atoms with E-state index in [9.17, 15) is 4.79 Å². The average molecular weight is 374 g/mol.